The van der Waals surface area contributed by atoms with Crippen LogP contribution in [-0.2, 0) is 0 Å². The van der Waals surface area contributed by atoms with Crippen LogP contribution in [0.15, 0.2) is 48.7 Å². The number of benzene rings is 2. The van der Waals surface area contributed by atoms with E-state index in [0.717, 1.165) is 24.5 Å². The molecule has 118 valence electrons. The molecule has 0 saturated heterocycles. The van der Waals surface area contributed by atoms with Crippen molar-refractivity contribution in [2.24, 2.45) is 0 Å². The zero-order chi connectivity index (χ0) is 16.6. The van der Waals surface area contributed by atoms with Crippen LogP contribution in [0.4, 0.5) is 8.78 Å². The highest BCUT2D eigenvalue weighted by molar-refractivity contribution is 6.11. The number of rotatable bonds is 5. The summed E-state index contributed by atoms with van der Waals surface area (Å²) >= 11 is 0. The highest BCUT2D eigenvalue weighted by Gasteiger charge is 2.23. The van der Waals surface area contributed by atoms with Crippen molar-refractivity contribution in [1.82, 2.24) is 5.32 Å². The zero-order valence-electron chi connectivity index (χ0n) is 12.9. The van der Waals surface area contributed by atoms with E-state index in [1.54, 1.807) is 12.1 Å². The minimum absolute atomic E-state index is 0.194. The van der Waals surface area contributed by atoms with Gasteiger partial charge in [0, 0.05) is 17.2 Å². The molecule has 4 heteroatoms. The second kappa shape index (κ2) is 5.95. The summed E-state index contributed by atoms with van der Waals surface area (Å²) in [4.78, 5) is 0. The summed E-state index contributed by atoms with van der Waals surface area (Å²) in [5.74, 6) is -1.75. The Hall–Kier alpha value is -2.49. The van der Waals surface area contributed by atoms with E-state index < -0.39 is 11.6 Å². The number of hydrogen-bond acceptors (Lipinski definition) is 2. The van der Waals surface area contributed by atoms with Gasteiger partial charge in [-0.3, -0.25) is 5.41 Å². The average Bonchev–Trinajstić information content (AvgIpc) is 3.34. The van der Waals surface area contributed by atoms with Gasteiger partial charge in [-0.25, -0.2) is 8.78 Å². The molecule has 3 rings (SSSR count). The van der Waals surface area contributed by atoms with Gasteiger partial charge in [0.1, 0.15) is 0 Å². The van der Waals surface area contributed by atoms with Crippen LogP contribution >= 0.6 is 0 Å². The van der Waals surface area contributed by atoms with E-state index in [2.05, 4.69) is 11.9 Å². The lowest BCUT2D eigenvalue weighted by Crippen LogP contribution is -2.22. The van der Waals surface area contributed by atoms with Crippen LogP contribution in [0.2, 0.25) is 0 Å². The highest BCUT2D eigenvalue weighted by Crippen LogP contribution is 2.28. The van der Waals surface area contributed by atoms with Gasteiger partial charge in [-0.05, 0) is 43.0 Å². The summed E-state index contributed by atoms with van der Waals surface area (Å²) < 4.78 is 27.4. The summed E-state index contributed by atoms with van der Waals surface area (Å²) in [5.41, 5.74) is 3.16. The van der Waals surface area contributed by atoms with Crippen molar-refractivity contribution >= 4 is 5.71 Å². The first-order valence-corrected chi connectivity index (χ1v) is 7.57. The Labute approximate surface area is 134 Å². The summed E-state index contributed by atoms with van der Waals surface area (Å²) in [6.45, 7) is 5.81. The Balaban J connectivity index is 1.97. The van der Waals surface area contributed by atoms with Crippen molar-refractivity contribution in [3.8, 4) is 11.1 Å². The van der Waals surface area contributed by atoms with Crippen LogP contribution in [0.5, 0.6) is 0 Å². The molecule has 0 amide bonds. The lowest BCUT2D eigenvalue weighted by molar-refractivity contribution is 0.511. The van der Waals surface area contributed by atoms with E-state index in [4.69, 9.17) is 5.41 Å². The lowest BCUT2D eigenvalue weighted by Gasteiger charge is -2.14. The molecule has 0 atom stereocenters. The maximum Gasteiger partial charge on any atom is 0.166 e. The first-order valence-electron chi connectivity index (χ1n) is 7.57. The van der Waals surface area contributed by atoms with Gasteiger partial charge in [0.2, 0.25) is 0 Å². The number of allylic oxidation sites excluding steroid dienone is 1. The average molecular weight is 312 g/mol. The second-order valence-electron chi connectivity index (χ2n) is 5.90. The normalized spacial score (nSPS) is 13.7. The van der Waals surface area contributed by atoms with Crippen molar-refractivity contribution in [2.45, 2.75) is 25.8 Å². The molecule has 2 aromatic carbocycles. The minimum Gasteiger partial charge on any atom is -0.381 e. The fourth-order valence-electron chi connectivity index (χ4n) is 2.49. The van der Waals surface area contributed by atoms with E-state index in [9.17, 15) is 8.78 Å². The van der Waals surface area contributed by atoms with Crippen LogP contribution in [-0.4, -0.2) is 11.8 Å². The van der Waals surface area contributed by atoms with Crippen LogP contribution in [0.1, 0.15) is 24.0 Å². The number of aryl methyl sites for hydroxylation is 1. The molecule has 0 heterocycles. The van der Waals surface area contributed by atoms with Crippen molar-refractivity contribution in [3.05, 3.63) is 71.4 Å². The maximum atomic E-state index is 14.0. The van der Waals surface area contributed by atoms with Crippen molar-refractivity contribution < 1.29 is 8.78 Å². The number of halogens is 2. The van der Waals surface area contributed by atoms with E-state index in [0.29, 0.717) is 22.9 Å². The van der Waals surface area contributed by atoms with E-state index in [-0.39, 0.29) is 11.3 Å². The van der Waals surface area contributed by atoms with E-state index in [1.807, 2.05) is 13.0 Å². The molecule has 2 aromatic rings. The molecular formula is C19H18F2N2. The van der Waals surface area contributed by atoms with Crippen LogP contribution in [0.3, 0.4) is 0 Å². The molecule has 1 fully saturated rings. The smallest absolute Gasteiger partial charge is 0.166 e. The molecular weight excluding hydrogens is 294 g/mol. The molecule has 1 saturated carbocycles. The maximum absolute atomic E-state index is 14.0. The largest absolute Gasteiger partial charge is 0.381 e. The van der Waals surface area contributed by atoms with Gasteiger partial charge in [0.15, 0.2) is 11.6 Å². The molecule has 0 bridgehead atoms. The molecule has 23 heavy (non-hydrogen) atoms. The molecule has 0 aromatic heterocycles. The van der Waals surface area contributed by atoms with Gasteiger partial charge in [0.25, 0.3) is 0 Å². The Morgan fingerprint density at radius 1 is 1.22 bits per heavy atom. The van der Waals surface area contributed by atoms with Crippen LogP contribution in [0, 0.1) is 24.0 Å². The predicted molar refractivity (Wildman–Crippen MR) is 88.7 cm³/mol. The SMILES string of the molecule is C=C(NC1CC1)C(=N)c1cc(-c2cccc(F)c2F)ccc1C. The van der Waals surface area contributed by atoms with Crippen LogP contribution < -0.4 is 5.32 Å². The Bertz CT molecular complexity index is 792. The summed E-state index contributed by atoms with van der Waals surface area (Å²) in [5, 5.41) is 11.5. The van der Waals surface area contributed by atoms with E-state index >= 15 is 0 Å². The highest BCUT2D eigenvalue weighted by atomic mass is 19.2. The van der Waals surface area contributed by atoms with Gasteiger partial charge in [-0.2, -0.15) is 0 Å². The molecule has 1 aliphatic rings. The standard InChI is InChI=1S/C19H18F2N2/c1-11-6-7-13(15-4-3-5-17(20)18(15)21)10-16(11)19(22)12(2)23-14-8-9-14/h3-7,10,14,22-23H,2,8-9H2,1H3. The van der Waals surface area contributed by atoms with Gasteiger partial charge in [-0.15, -0.1) is 0 Å². The Kier molecular flexibility index (Phi) is 3.99. The third-order valence-electron chi connectivity index (χ3n) is 4.03. The second-order valence-corrected chi connectivity index (χ2v) is 5.90. The third-order valence-corrected chi connectivity index (χ3v) is 4.03. The molecule has 0 radical (unpaired) electrons. The van der Waals surface area contributed by atoms with E-state index in [1.165, 1.54) is 12.1 Å². The van der Waals surface area contributed by atoms with Gasteiger partial charge in [0.05, 0.1) is 11.4 Å². The topological polar surface area (TPSA) is 35.9 Å². The van der Waals surface area contributed by atoms with Gasteiger partial charge < -0.3 is 5.32 Å². The number of hydrogen-bond donors (Lipinski definition) is 2. The van der Waals surface area contributed by atoms with Crippen molar-refractivity contribution in [3.63, 3.8) is 0 Å². The first-order chi connectivity index (χ1) is 11.0. The Morgan fingerprint density at radius 2 is 1.96 bits per heavy atom. The summed E-state index contributed by atoms with van der Waals surface area (Å²) in [7, 11) is 0. The number of nitrogens with one attached hydrogen (secondary N) is 2. The fraction of sp³-hybridized carbons (Fsp3) is 0.211. The van der Waals surface area contributed by atoms with Gasteiger partial charge in [-0.1, -0.05) is 30.8 Å². The molecule has 0 aliphatic heterocycles. The molecule has 2 nitrogen and oxygen atoms in total. The molecule has 0 unspecified atom stereocenters. The predicted octanol–water partition coefficient (Wildman–Crippen LogP) is 4.57. The monoisotopic (exact) mass is 312 g/mol. The summed E-state index contributed by atoms with van der Waals surface area (Å²) in [6, 6.07) is 9.79. The summed E-state index contributed by atoms with van der Waals surface area (Å²) in [6.07, 6.45) is 2.19. The molecule has 1 aliphatic carbocycles. The minimum atomic E-state index is -0.875. The lowest BCUT2D eigenvalue weighted by atomic mass is 9.95. The van der Waals surface area contributed by atoms with Crippen molar-refractivity contribution in [1.29, 1.82) is 5.41 Å². The quantitative estimate of drug-likeness (QED) is 0.779. The molecule has 0 spiro atoms. The van der Waals surface area contributed by atoms with Crippen LogP contribution in [0.25, 0.3) is 11.1 Å². The van der Waals surface area contributed by atoms with Gasteiger partial charge >= 0.3 is 0 Å². The fourth-order valence-corrected chi connectivity index (χ4v) is 2.49. The third kappa shape index (κ3) is 3.16. The molecule has 2 N–H and O–H groups in total. The van der Waals surface area contributed by atoms with Crippen molar-refractivity contribution in [2.75, 3.05) is 0 Å². The zero-order valence-corrected chi connectivity index (χ0v) is 12.9. The first kappa shape index (κ1) is 15.4. The Morgan fingerprint density at radius 3 is 2.65 bits per heavy atom.